The Hall–Kier alpha value is -1.50. The molecule has 0 aromatic heterocycles. The molecule has 0 spiro atoms. The van der Waals surface area contributed by atoms with Gasteiger partial charge in [-0.1, -0.05) is 18.2 Å². The third-order valence-electron chi connectivity index (χ3n) is 2.32. The second-order valence-corrected chi connectivity index (χ2v) is 3.45. The SMILES string of the molecule is Cc1ccc(C(C#N)C(F)(F)F)cc1C. The molecule has 0 fully saturated rings. The summed E-state index contributed by atoms with van der Waals surface area (Å²) in [6.45, 7) is 3.54. The van der Waals surface area contributed by atoms with Gasteiger partial charge < -0.3 is 0 Å². The van der Waals surface area contributed by atoms with Crippen LogP contribution in [0.4, 0.5) is 13.2 Å². The van der Waals surface area contributed by atoms with Gasteiger partial charge in [0.2, 0.25) is 0 Å². The van der Waals surface area contributed by atoms with Crippen molar-refractivity contribution >= 4 is 0 Å². The van der Waals surface area contributed by atoms with Crippen molar-refractivity contribution in [2.75, 3.05) is 0 Å². The molecule has 0 radical (unpaired) electrons. The molecular formula is C11H10F3N. The van der Waals surface area contributed by atoms with Gasteiger partial charge in [0.15, 0.2) is 5.92 Å². The number of halogens is 3. The van der Waals surface area contributed by atoms with Crippen LogP contribution in [0.15, 0.2) is 18.2 Å². The first kappa shape index (κ1) is 11.6. The van der Waals surface area contributed by atoms with Gasteiger partial charge in [-0.15, -0.1) is 0 Å². The van der Waals surface area contributed by atoms with E-state index in [0.717, 1.165) is 11.1 Å². The molecule has 0 saturated heterocycles. The van der Waals surface area contributed by atoms with E-state index in [1.807, 2.05) is 6.92 Å². The molecular weight excluding hydrogens is 203 g/mol. The first-order valence-corrected chi connectivity index (χ1v) is 4.39. The molecule has 1 unspecified atom stereocenters. The van der Waals surface area contributed by atoms with Gasteiger partial charge >= 0.3 is 6.18 Å². The van der Waals surface area contributed by atoms with E-state index in [-0.39, 0.29) is 5.56 Å². The van der Waals surface area contributed by atoms with Gasteiger partial charge in [-0.2, -0.15) is 18.4 Å². The normalized spacial score (nSPS) is 13.3. The van der Waals surface area contributed by atoms with Crippen LogP contribution in [0.2, 0.25) is 0 Å². The summed E-state index contributed by atoms with van der Waals surface area (Å²) in [7, 11) is 0. The summed E-state index contributed by atoms with van der Waals surface area (Å²) in [5.41, 5.74) is 1.68. The van der Waals surface area contributed by atoms with E-state index in [9.17, 15) is 13.2 Å². The maximum atomic E-state index is 12.4. The van der Waals surface area contributed by atoms with E-state index < -0.39 is 12.1 Å². The molecule has 1 aromatic rings. The molecule has 1 atom stereocenters. The van der Waals surface area contributed by atoms with Gasteiger partial charge in [0.1, 0.15) is 0 Å². The van der Waals surface area contributed by atoms with Gasteiger partial charge in [0.25, 0.3) is 0 Å². The lowest BCUT2D eigenvalue weighted by molar-refractivity contribution is -0.137. The van der Waals surface area contributed by atoms with E-state index in [1.54, 1.807) is 13.0 Å². The minimum atomic E-state index is -4.50. The van der Waals surface area contributed by atoms with Crippen LogP contribution in [0.5, 0.6) is 0 Å². The van der Waals surface area contributed by atoms with E-state index in [4.69, 9.17) is 5.26 Å². The summed E-state index contributed by atoms with van der Waals surface area (Å²) in [5.74, 6) is -2.03. The van der Waals surface area contributed by atoms with E-state index >= 15 is 0 Å². The van der Waals surface area contributed by atoms with Crippen molar-refractivity contribution in [3.63, 3.8) is 0 Å². The van der Waals surface area contributed by atoms with E-state index in [1.165, 1.54) is 18.2 Å². The summed E-state index contributed by atoms with van der Waals surface area (Å²) in [6, 6.07) is 5.64. The second kappa shape index (κ2) is 3.93. The molecule has 0 heterocycles. The van der Waals surface area contributed by atoms with Crippen molar-refractivity contribution in [3.05, 3.63) is 34.9 Å². The van der Waals surface area contributed by atoms with Crippen LogP contribution in [-0.4, -0.2) is 6.18 Å². The zero-order valence-electron chi connectivity index (χ0n) is 8.39. The number of benzene rings is 1. The van der Waals surface area contributed by atoms with Crippen LogP contribution >= 0.6 is 0 Å². The second-order valence-electron chi connectivity index (χ2n) is 3.45. The number of aryl methyl sites for hydroxylation is 2. The topological polar surface area (TPSA) is 23.8 Å². The third-order valence-corrected chi connectivity index (χ3v) is 2.32. The predicted octanol–water partition coefficient (Wildman–Crippen LogP) is 3.47. The van der Waals surface area contributed by atoms with Crippen molar-refractivity contribution in [2.24, 2.45) is 0 Å². The fourth-order valence-corrected chi connectivity index (χ4v) is 1.28. The molecule has 15 heavy (non-hydrogen) atoms. The molecule has 80 valence electrons. The van der Waals surface area contributed by atoms with Gasteiger partial charge in [-0.25, -0.2) is 0 Å². The molecule has 0 saturated carbocycles. The molecule has 4 heteroatoms. The Morgan fingerprint density at radius 2 is 1.80 bits per heavy atom. The smallest absolute Gasteiger partial charge is 0.197 e. The highest BCUT2D eigenvalue weighted by Gasteiger charge is 2.41. The summed E-state index contributed by atoms with van der Waals surface area (Å²) < 4.78 is 37.2. The number of nitrogens with zero attached hydrogens (tertiary/aromatic N) is 1. The lowest BCUT2D eigenvalue weighted by Crippen LogP contribution is -2.19. The van der Waals surface area contributed by atoms with Crippen LogP contribution in [-0.2, 0) is 0 Å². The van der Waals surface area contributed by atoms with Crippen molar-refractivity contribution < 1.29 is 13.2 Å². The molecule has 0 aliphatic carbocycles. The molecule has 0 aliphatic rings. The summed E-state index contributed by atoms with van der Waals surface area (Å²) in [5, 5.41) is 8.51. The van der Waals surface area contributed by atoms with Crippen LogP contribution in [0.3, 0.4) is 0 Å². The van der Waals surface area contributed by atoms with Crippen molar-refractivity contribution in [3.8, 4) is 6.07 Å². The Morgan fingerprint density at radius 3 is 2.20 bits per heavy atom. The average molecular weight is 213 g/mol. The maximum Gasteiger partial charge on any atom is 0.408 e. The van der Waals surface area contributed by atoms with Crippen LogP contribution < -0.4 is 0 Å². The first-order valence-electron chi connectivity index (χ1n) is 4.39. The summed E-state index contributed by atoms with van der Waals surface area (Å²) in [6.07, 6.45) is -4.50. The molecule has 0 N–H and O–H groups in total. The Balaban J connectivity index is 3.16. The fourth-order valence-electron chi connectivity index (χ4n) is 1.28. The van der Waals surface area contributed by atoms with Gasteiger partial charge in [-0.05, 0) is 30.5 Å². The highest BCUT2D eigenvalue weighted by molar-refractivity contribution is 5.35. The molecule has 1 nitrogen and oxygen atoms in total. The van der Waals surface area contributed by atoms with Gasteiger partial charge in [0, 0.05) is 0 Å². The average Bonchev–Trinajstić information content (AvgIpc) is 2.10. The van der Waals surface area contributed by atoms with Gasteiger partial charge in [0.05, 0.1) is 6.07 Å². The molecule has 0 bridgehead atoms. The van der Waals surface area contributed by atoms with E-state index in [2.05, 4.69) is 0 Å². The Morgan fingerprint density at radius 1 is 1.20 bits per heavy atom. The lowest BCUT2D eigenvalue weighted by Gasteiger charge is -2.14. The largest absolute Gasteiger partial charge is 0.408 e. The van der Waals surface area contributed by atoms with Crippen LogP contribution in [0.25, 0.3) is 0 Å². The lowest BCUT2D eigenvalue weighted by atomic mass is 9.96. The quantitative estimate of drug-likeness (QED) is 0.700. The summed E-state index contributed by atoms with van der Waals surface area (Å²) >= 11 is 0. The number of alkyl halides is 3. The Labute approximate surface area is 86.1 Å². The molecule has 0 amide bonds. The first-order chi connectivity index (χ1) is 6.86. The Kier molecular flexibility index (Phi) is 3.04. The number of nitriles is 1. The highest BCUT2D eigenvalue weighted by atomic mass is 19.4. The molecule has 1 aromatic carbocycles. The zero-order chi connectivity index (χ0) is 11.6. The van der Waals surface area contributed by atoms with Crippen molar-refractivity contribution in [2.45, 2.75) is 25.9 Å². The summed E-state index contributed by atoms with van der Waals surface area (Å²) in [4.78, 5) is 0. The van der Waals surface area contributed by atoms with E-state index in [0.29, 0.717) is 0 Å². The van der Waals surface area contributed by atoms with Crippen molar-refractivity contribution in [1.29, 1.82) is 5.26 Å². The number of hydrogen-bond donors (Lipinski definition) is 0. The Bertz CT molecular complexity index is 401. The highest BCUT2D eigenvalue weighted by Crippen LogP contribution is 2.34. The maximum absolute atomic E-state index is 12.4. The minimum Gasteiger partial charge on any atom is -0.197 e. The molecule has 0 aliphatic heterocycles. The number of rotatable bonds is 1. The predicted molar refractivity (Wildman–Crippen MR) is 50.3 cm³/mol. The molecule has 1 rings (SSSR count). The minimum absolute atomic E-state index is 0.00750. The van der Waals surface area contributed by atoms with Crippen LogP contribution in [0, 0.1) is 25.2 Å². The van der Waals surface area contributed by atoms with Crippen molar-refractivity contribution in [1.82, 2.24) is 0 Å². The third kappa shape index (κ3) is 2.50. The monoisotopic (exact) mass is 213 g/mol. The number of hydrogen-bond acceptors (Lipinski definition) is 1. The van der Waals surface area contributed by atoms with Crippen LogP contribution in [0.1, 0.15) is 22.6 Å². The zero-order valence-corrected chi connectivity index (χ0v) is 8.39. The fraction of sp³-hybridized carbons (Fsp3) is 0.364. The van der Waals surface area contributed by atoms with Gasteiger partial charge in [-0.3, -0.25) is 0 Å². The standard InChI is InChI=1S/C11H10F3N/c1-7-3-4-9(5-8(7)2)10(6-15)11(12,13)14/h3-5,10H,1-2H3.